The van der Waals surface area contributed by atoms with Crippen LogP contribution in [0.2, 0.25) is 0 Å². The van der Waals surface area contributed by atoms with E-state index in [0.29, 0.717) is 19.5 Å². The summed E-state index contributed by atoms with van der Waals surface area (Å²) in [5.74, 6) is 0.755. The van der Waals surface area contributed by atoms with Crippen LogP contribution < -0.4 is 5.32 Å². The molecule has 0 atom stereocenters. The average Bonchev–Trinajstić information content (AvgIpc) is 2.98. The molecule has 4 nitrogen and oxygen atoms in total. The molecule has 27 heavy (non-hydrogen) atoms. The molecule has 0 radical (unpaired) electrons. The number of nitrogens with zero attached hydrogens (tertiary/aromatic N) is 3. The molecule has 0 unspecified atom stereocenters. The molecule has 0 saturated carbocycles. The number of nitrogens with one attached hydrogen (secondary N) is 1. The van der Waals surface area contributed by atoms with E-state index in [2.05, 4.69) is 15.3 Å². The van der Waals surface area contributed by atoms with Gasteiger partial charge in [0.05, 0.1) is 22.8 Å². The van der Waals surface area contributed by atoms with Crippen molar-refractivity contribution in [2.75, 3.05) is 20.1 Å². The third-order valence-electron chi connectivity index (χ3n) is 3.71. The van der Waals surface area contributed by atoms with Gasteiger partial charge in [-0.2, -0.15) is 13.2 Å². The van der Waals surface area contributed by atoms with Crippen LogP contribution in [0.3, 0.4) is 0 Å². The molecule has 0 aliphatic rings. The first-order valence-corrected chi connectivity index (χ1v) is 9.24. The summed E-state index contributed by atoms with van der Waals surface area (Å²) >= 11 is 1.61. The lowest BCUT2D eigenvalue weighted by atomic mass is 10.1. The van der Waals surface area contributed by atoms with E-state index in [1.165, 1.54) is 12.1 Å². The SMILES string of the molecule is CCNC(=NCCc1ccc(C(F)(F)F)cc1)N(C)Cc1csc(C)n1.I. The number of alkyl halides is 3. The number of thiazole rings is 1. The zero-order valence-corrected chi connectivity index (χ0v) is 18.7. The zero-order chi connectivity index (χ0) is 19.2. The van der Waals surface area contributed by atoms with Gasteiger partial charge < -0.3 is 10.2 Å². The maximum atomic E-state index is 12.6. The van der Waals surface area contributed by atoms with Gasteiger partial charge in [0.2, 0.25) is 0 Å². The van der Waals surface area contributed by atoms with Gasteiger partial charge in [0, 0.05) is 25.5 Å². The van der Waals surface area contributed by atoms with Crippen molar-refractivity contribution in [1.29, 1.82) is 0 Å². The second-order valence-electron chi connectivity index (χ2n) is 5.89. The molecule has 1 N–H and O–H groups in total. The van der Waals surface area contributed by atoms with Crippen LogP contribution in [-0.2, 0) is 19.1 Å². The van der Waals surface area contributed by atoms with Crippen molar-refractivity contribution < 1.29 is 13.2 Å². The van der Waals surface area contributed by atoms with E-state index in [9.17, 15) is 13.2 Å². The highest BCUT2D eigenvalue weighted by atomic mass is 127. The summed E-state index contributed by atoms with van der Waals surface area (Å²) in [5.41, 5.74) is 1.19. The lowest BCUT2D eigenvalue weighted by molar-refractivity contribution is -0.137. The van der Waals surface area contributed by atoms with Crippen molar-refractivity contribution in [3.63, 3.8) is 0 Å². The van der Waals surface area contributed by atoms with Crippen molar-refractivity contribution in [3.05, 3.63) is 51.5 Å². The molecule has 1 heterocycles. The van der Waals surface area contributed by atoms with Gasteiger partial charge in [-0.25, -0.2) is 4.98 Å². The van der Waals surface area contributed by atoms with Gasteiger partial charge in [0.1, 0.15) is 0 Å². The molecule has 0 spiro atoms. The van der Waals surface area contributed by atoms with Gasteiger partial charge in [-0.15, -0.1) is 35.3 Å². The highest BCUT2D eigenvalue weighted by Crippen LogP contribution is 2.29. The molecule has 2 aromatic rings. The third-order valence-corrected chi connectivity index (χ3v) is 4.53. The van der Waals surface area contributed by atoms with E-state index in [4.69, 9.17) is 0 Å². The summed E-state index contributed by atoms with van der Waals surface area (Å²) in [6.45, 7) is 5.84. The van der Waals surface area contributed by atoms with Crippen molar-refractivity contribution in [2.24, 2.45) is 4.99 Å². The van der Waals surface area contributed by atoms with Crippen LogP contribution in [0.4, 0.5) is 13.2 Å². The average molecular weight is 512 g/mol. The van der Waals surface area contributed by atoms with E-state index in [-0.39, 0.29) is 24.0 Å². The third kappa shape index (κ3) is 7.65. The Kier molecular flexibility index (Phi) is 9.51. The number of aromatic nitrogens is 1. The number of benzene rings is 1. The van der Waals surface area contributed by atoms with E-state index in [1.54, 1.807) is 11.3 Å². The molecule has 1 aromatic heterocycles. The minimum Gasteiger partial charge on any atom is -0.357 e. The number of aryl methyl sites for hydroxylation is 1. The fraction of sp³-hybridized carbons (Fsp3) is 0.444. The summed E-state index contributed by atoms with van der Waals surface area (Å²) in [7, 11) is 1.94. The zero-order valence-electron chi connectivity index (χ0n) is 15.5. The van der Waals surface area contributed by atoms with Crippen LogP contribution in [0, 0.1) is 6.92 Å². The van der Waals surface area contributed by atoms with Crippen LogP contribution in [0.15, 0.2) is 34.6 Å². The fourth-order valence-corrected chi connectivity index (χ4v) is 3.02. The Morgan fingerprint density at radius 3 is 2.44 bits per heavy atom. The van der Waals surface area contributed by atoms with Crippen LogP contribution in [0.1, 0.15) is 28.8 Å². The maximum Gasteiger partial charge on any atom is 0.416 e. The van der Waals surface area contributed by atoms with Crippen LogP contribution >= 0.6 is 35.3 Å². The summed E-state index contributed by atoms with van der Waals surface area (Å²) in [6.07, 6.45) is -3.72. The van der Waals surface area contributed by atoms with E-state index in [0.717, 1.165) is 40.9 Å². The molecule has 9 heteroatoms. The molecule has 0 aliphatic carbocycles. The Morgan fingerprint density at radius 1 is 1.26 bits per heavy atom. The molecular weight excluding hydrogens is 488 g/mol. The number of halogens is 4. The van der Waals surface area contributed by atoms with Crippen molar-refractivity contribution in [3.8, 4) is 0 Å². The van der Waals surface area contributed by atoms with Crippen LogP contribution in [-0.4, -0.2) is 36.0 Å². The molecule has 0 amide bonds. The topological polar surface area (TPSA) is 40.5 Å². The predicted octanol–water partition coefficient (Wildman–Crippen LogP) is 4.73. The van der Waals surface area contributed by atoms with Crippen LogP contribution in [0.25, 0.3) is 0 Å². The first-order valence-electron chi connectivity index (χ1n) is 8.36. The van der Waals surface area contributed by atoms with Gasteiger partial charge >= 0.3 is 6.18 Å². The molecule has 0 saturated heterocycles. The largest absolute Gasteiger partial charge is 0.416 e. The van der Waals surface area contributed by atoms with E-state index >= 15 is 0 Å². The molecule has 150 valence electrons. The summed E-state index contributed by atoms with van der Waals surface area (Å²) in [6, 6.07) is 5.24. The minimum absolute atomic E-state index is 0. The van der Waals surface area contributed by atoms with Gasteiger partial charge in [0.15, 0.2) is 5.96 Å². The van der Waals surface area contributed by atoms with Crippen LogP contribution in [0.5, 0.6) is 0 Å². The monoisotopic (exact) mass is 512 g/mol. The van der Waals surface area contributed by atoms with Gasteiger partial charge in [-0.05, 0) is 38.0 Å². The first-order chi connectivity index (χ1) is 12.3. The molecule has 0 fully saturated rings. The number of rotatable bonds is 6. The van der Waals surface area contributed by atoms with Gasteiger partial charge in [-0.1, -0.05) is 12.1 Å². The minimum atomic E-state index is -4.30. The number of hydrogen-bond donors (Lipinski definition) is 1. The highest BCUT2D eigenvalue weighted by molar-refractivity contribution is 14.0. The maximum absolute atomic E-state index is 12.6. The molecule has 2 rings (SSSR count). The predicted molar refractivity (Wildman–Crippen MR) is 115 cm³/mol. The Morgan fingerprint density at radius 2 is 1.93 bits per heavy atom. The Hall–Kier alpha value is -1.36. The Labute approximate surface area is 178 Å². The number of aliphatic imine (C=N–C) groups is 1. The second-order valence-corrected chi connectivity index (χ2v) is 6.96. The van der Waals surface area contributed by atoms with E-state index < -0.39 is 11.7 Å². The van der Waals surface area contributed by atoms with Crippen molar-refractivity contribution in [2.45, 2.75) is 33.0 Å². The Bertz CT molecular complexity index is 729. The fourth-order valence-electron chi connectivity index (χ4n) is 2.42. The lowest BCUT2D eigenvalue weighted by Gasteiger charge is -2.21. The van der Waals surface area contributed by atoms with Gasteiger partial charge in [-0.3, -0.25) is 4.99 Å². The number of hydrogen-bond acceptors (Lipinski definition) is 3. The Balaban J connectivity index is 0.00000364. The smallest absolute Gasteiger partial charge is 0.357 e. The molecule has 1 aromatic carbocycles. The molecule has 0 bridgehead atoms. The standard InChI is InChI=1S/C18H23F3N4S.HI/c1-4-22-17(25(3)11-16-12-26-13(2)24-16)23-10-9-14-5-7-15(8-6-14)18(19,20)21;/h5-8,12H,4,9-11H2,1-3H3,(H,22,23);1H. The quantitative estimate of drug-likeness (QED) is 0.346. The van der Waals surface area contributed by atoms with Crippen molar-refractivity contribution >= 4 is 41.3 Å². The van der Waals surface area contributed by atoms with Gasteiger partial charge in [0.25, 0.3) is 0 Å². The first kappa shape index (κ1) is 23.7. The normalized spacial score (nSPS) is 11.9. The summed E-state index contributed by atoms with van der Waals surface area (Å²) in [5, 5.41) is 6.28. The number of guanidine groups is 1. The molecule has 0 aliphatic heterocycles. The summed E-state index contributed by atoms with van der Waals surface area (Å²) < 4.78 is 37.8. The highest BCUT2D eigenvalue weighted by Gasteiger charge is 2.29. The second kappa shape index (κ2) is 10.8. The molecular formula is C18H24F3IN4S. The lowest BCUT2D eigenvalue weighted by Crippen LogP contribution is -2.38. The summed E-state index contributed by atoms with van der Waals surface area (Å²) in [4.78, 5) is 11.0. The van der Waals surface area contributed by atoms with E-state index in [1.807, 2.05) is 31.2 Å². The van der Waals surface area contributed by atoms with Crippen molar-refractivity contribution in [1.82, 2.24) is 15.2 Å².